The van der Waals surface area contributed by atoms with E-state index in [4.69, 9.17) is 27.9 Å². The maximum Gasteiger partial charge on any atom is 0.426 e. The molecule has 0 radical (unpaired) electrons. The smallest absolute Gasteiger partial charge is 0.426 e. The Labute approximate surface area is 159 Å². The van der Waals surface area contributed by atoms with Crippen molar-refractivity contribution in [2.45, 2.75) is 53.6 Å². The molecule has 1 rings (SSSR count). The van der Waals surface area contributed by atoms with Gasteiger partial charge in [-0.1, -0.05) is 44.0 Å². The number of nitrogens with zero attached hydrogens (tertiary/aromatic N) is 1. The number of hydrogen-bond donors (Lipinski definition) is 1. The van der Waals surface area contributed by atoms with Crippen molar-refractivity contribution in [3.8, 4) is 0 Å². The van der Waals surface area contributed by atoms with Crippen molar-refractivity contribution in [1.82, 2.24) is 10.4 Å². The number of ether oxygens (including phenoxy) is 1. The Balaban J connectivity index is 3.08. The molecule has 0 aliphatic heterocycles. The van der Waals surface area contributed by atoms with Crippen molar-refractivity contribution in [2.75, 3.05) is 6.54 Å². The lowest BCUT2D eigenvalue weighted by atomic mass is 9.90. The summed E-state index contributed by atoms with van der Waals surface area (Å²) >= 11 is 12.0. The first-order chi connectivity index (χ1) is 11.3. The van der Waals surface area contributed by atoms with Crippen LogP contribution < -0.4 is 5.43 Å². The fourth-order valence-corrected chi connectivity index (χ4v) is 2.47. The Bertz CT molecular complexity index is 619. The van der Waals surface area contributed by atoms with Gasteiger partial charge in [0, 0.05) is 22.2 Å². The van der Waals surface area contributed by atoms with E-state index in [1.54, 1.807) is 26.8 Å². The van der Waals surface area contributed by atoms with Crippen LogP contribution in [0.1, 0.15) is 58.3 Å². The Hall–Kier alpha value is -1.46. The van der Waals surface area contributed by atoms with Gasteiger partial charge in [0.1, 0.15) is 5.60 Å². The van der Waals surface area contributed by atoms with Crippen LogP contribution in [0.15, 0.2) is 18.2 Å². The van der Waals surface area contributed by atoms with Gasteiger partial charge < -0.3 is 4.74 Å². The first-order valence-corrected chi connectivity index (χ1v) is 8.86. The highest BCUT2D eigenvalue weighted by molar-refractivity contribution is 6.35. The molecule has 0 fully saturated rings. The summed E-state index contributed by atoms with van der Waals surface area (Å²) in [6, 6.07) is 4.57. The highest BCUT2D eigenvalue weighted by Crippen LogP contribution is 2.24. The third kappa shape index (κ3) is 7.53. The molecule has 1 aromatic rings. The van der Waals surface area contributed by atoms with Crippen LogP contribution in [0.4, 0.5) is 4.79 Å². The summed E-state index contributed by atoms with van der Waals surface area (Å²) in [5.74, 6) is -0.406. The minimum absolute atomic E-state index is 0.201. The molecular formula is C18H26Cl2N2O3. The van der Waals surface area contributed by atoms with Gasteiger partial charge in [-0.25, -0.2) is 15.2 Å². The predicted molar refractivity (Wildman–Crippen MR) is 101 cm³/mol. The summed E-state index contributed by atoms with van der Waals surface area (Å²) in [7, 11) is 0. The van der Waals surface area contributed by atoms with Crippen LogP contribution in [0.5, 0.6) is 0 Å². The highest BCUT2D eigenvalue weighted by Gasteiger charge is 2.28. The summed E-state index contributed by atoms with van der Waals surface area (Å²) in [6.07, 6.45) is 0.129. The van der Waals surface area contributed by atoms with Gasteiger partial charge in [0.15, 0.2) is 0 Å². The molecule has 7 heteroatoms. The second-order valence-corrected chi connectivity index (χ2v) is 8.55. The van der Waals surface area contributed by atoms with Crippen molar-refractivity contribution in [3.63, 3.8) is 0 Å². The predicted octanol–water partition coefficient (Wildman–Crippen LogP) is 5.31. The molecular weight excluding hydrogens is 363 g/mol. The van der Waals surface area contributed by atoms with E-state index in [0.717, 1.165) is 6.42 Å². The fraction of sp³-hybridized carbons (Fsp3) is 0.556. The molecule has 0 saturated carbocycles. The van der Waals surface area contributed by atoms with E-state index < -0.39 is 17.6 Å². The normalized spacial score (nSPS) is 11.8. The van der Waals surface area contributed by atoms with E-state index in [-0.39, 0.29) is 5.41 Å². The maximum atomic E-state index is 12.9. The largest absolute Gasteiger partial charge is 0.443 e. The molecule has 0 aliphatic rings. The van der Waals surface area contributed by atoms with Crippen molar-refractivity contribution < 1.29 is 14.3 Å². The second-order valence-electron chi connectivity index (χ2n) is 7.68. The summed E-state index contributed by atoms with van der Waals surface area (Å²) in [5, 5.41) is 1.95. The van der Waals surface area contributed by atoms with E-state index in [9.17, 15) is 9.59 Å². The molecule has 0 spiro atoms. The fourth-order valence-electron chi connectivity index (χ4n) is 1.95. The van der Waals surface area contributed by atoms with Gasteiger partial charge in [-0.3, -0.25) is 4.79 Å². The first-order valence-electron chi connectivity index (χ1n) is 8.10. The lowest BCUT2D eigenvalue weighted by molar-refractivity contribution is 0.0230. The molecule has 5 nitrogen and oxygen atoms in total. The van der Waals surface area contributed by atoms with Crippen molar-refractivity contribution in [1.29, 1.82) is 0 Å². The number of carbonyl (C=O) groups is 2. The zero-order valence-corrected chi connectivity index (χ0v) is 17.1. The van der Waals surface area contributed by atoms with Crippen LogP contribution in [0.25, 0.3) is 0 Å². The minimum Gasteiger partial charge on any atom is -0.443 e. The van der Waals surface area contributed by atoms with Crippen molar-refractivity contribution in [2.24, 2.45) is 5.41 Å². The molecule has 2 amide bonds. The number of nitrogens with one attached hydrogen (secondary N) is 1. The Morgan fingerprint density at radius 3 is 2.04 bits per heavy atom. The summed E-state index contributed by atoms with van der Waals surface area (Å²) in [5.41, 5.74) is 1.96. The maximum absolute atomic E-state index is 12.9. The molecule has 1 N–H and O–H groups in total. The standard InChI is InChI=1S/C18H26Cl2N2O3/c1-7-18(5,6)11-22(21-16(24)25-17(2,3)4)15(23)12-8-13(19)10-14(20)9-12/h8-10H,7,11H2,1-6H3,(H,21,24). The van der Waals surface area contributed by atoms with Gasteiger partial charge >= 0.3 is 6.09 Å². The molecule has 0 heterocycles. The van der Waals surface area contributed by atoms with E-state index >= 15 is 0 Å². The SMILES string of the molecule is CCC(C)(C)CN(NC(=O)OC(C)(C)C)C(=O)c1cc(Cl)cc(Cl)c1. The van der Waals surface area contributed by atoms with Gasteiger partial charge in [-0.2, -0.15) is 0 Å². The average Bonchev–Trinajstić information content (AvgIpc) is 2.42. The zero-order chi connectivity index (χ0) is 19.4. The molecule has 0 bridgehead atoms. The molecule has 0 aromatic heterocycles. The van der Waals surface area contributed by atoms with Gasteiger partial charge in [0.05, 0.1) is 0 Å². The molecule has 25 heavy (non-hydrogen) atoms. The monoisotopic (exact) mass is 388 g/mol. The molecule has 140 valence electrons. The number of halogens is 2. The van der Waals surface area contributed by atoms with Gasteiger partial charge in [-0.15, -0.1) is 0 Å². The lowest BCUT2D eigenvalue weighted by Crippen LogP contribution is -2.51. The number of benzene rings is 1. The number of rotatable bonds is 4. The molecule has 0 atom stereocenters. The first kappa shape index (κ1) is 21.6. The van der Waals surface area contributed by atoms with Crippen LogP contribution in [-0.2, 0) is 4.74 Å². The minimum atomic E-state index is -0.694. The van der Waals surface area contributed by atoms with E-state index in [0.29, 0.717) is 22.2 Å². The Kier molecular flexibility index (Phi) is 7.15. The van der Waals surface area contributed by atoms with Crippen molar-refractivity contribution in [3.05, 3.63) is 33.8 Å². The molecule has 0 unspecified atom stereocenters. The van der Waals surface area contributed by atoms with Crippen molar-refractivity contribution >= 4 is 35.2 Å². The topological polar surface area (TPSA) is 58.6 Å². The second kappa shape index (κ2) is 8.28. The lowest BCUT2D eigenvalue weighted by Gasteiger charge is -2.32. The van der Waals surface area contributed by atoms with Crippen LogP contribution in [0, 0.1) is 5.41 Å². The molecule has 0 saturated heterocycles. The van der Waals surface area contributed by atoms with Crippen LogP contribution in [0.2, 0.25) is 10.0 Å². The van der Waals surface area contributed by atoms with Gasteiger partial charge in [0.2, 0.25) is 0 Å². The van der Waals surface area contributed by atoms with E-state index in [1.165, 1.54) is 17.1 Å². The number of hydrazine groups is 1. The zero-order valence-electron chi connectivity index (χ0n) is 15.6. The van der Waals surface area contributed by atoms with Gasteiger partial charge in [0.25, 0.3) is 5.91 Å². The summed E-state index contributed by atoms with van der Waals surface area (Å²) in [4.78, 5) is 25.0. The van der Waals surface area contributed by atoms with Crippen LogP contribution in [-0.4, -0.2) is 29.2 Å². The average molecular weight is 389 g/mol. The molecule has 0 aliphatic carbocycles. The van der Waals surface area contributed by atoms with Gasteiger partial charge in [-0.05, 0) is 50.8 Å². The highest BCUT2D eigenvalue weighted by atomic mass is 35.5. The van der Waals surface area contributed by atoms with Crippen LogP contribution in [0.3, 0.4) is 0 Å². The summed E-state index contributed by atoms with van der Waals surface area (Å²) in [6.45, 7) is 11.6. The summed E-state index contributed by atoms with van der Waals surface area (Å²) < 4.78 is 5.25. The Morgan fingerprint density at radius 2 is 1.60 bits per heavy atom. The Morgan fingerprint density at radius 1 is 1.08 bits per heavy atom. The number of amides is 2. The third-order valence-electron chi connectivity index (χ3n) is 3.52. The third-order valence-corrected chi connectivity index (χ3v) is 3.96. The number of carbonyl (C=O) groups excluding carboxylic acids is 2. The van der Waals surface area contributed by atoms with E-state index in [1.807, 2.05) is 20.8 Å². The molecule has 1 aromatic carbocycles. The van der Waals surface area contributed by atoms with E-state index in [2.05, 4.69) is 5.43 Å². The number of hydrogen-bond acceptors (Lipinski definition) is 3. The van der Waals surface area contributed by atoms with Crippen LogP contribution >= 0.6 is 23.2 Å². The quantitative estimate of drug-likeness (QED) is 0.710.